The Kier molecular flexibility index (Phi) is 4.38. The molecule has 0 N–H and O–H groups in total. The van der Waals surface area contributed by atoms with E-state index in [1.807, 2.05) is 16.8 Å². The van der Waals surface area contributed by atoms with Crippen molar-refractivity contribution < 1.29 is 13.3 Å². The zero-order chi connectivity index (χ0) is 19.8. The number of nitrogens with zero attached hydrogens (tertiary/aromatic N) is 5. The molecule has 3 heterocycles. The lowest BCUT2D eigenvalue weighted by Crippen LogP contribution is -2.08. The fourth-order valence-electron chi connectivity index (χ4n) is 3.85. The largest absolute Gasteiger partial charge is 0.333 e. The normalized spacial score (nSPS) is 14.6. The fourth-order valence-corrected chi connectivity index (χ4v) is 3.85. The van der Waals surface area contributed by atoms with E-state index in [1.54, 1.807) is 18.6 Å². The second-order valence-corrected chi connectivity index (χ2v) is 7.07. The number of halogens is 2. The van der Waals surface area contributed by atoms with Gasteiger partial charge >= 0.3 is 0 Å². The van der Waals surface area contributed by atoms with E-state index in [4.69, 9.17) is 4.52 Å². The summed E-state index contributed by atoms with van der Waals surface area (Å²) in [6, 6.07) is 7.24. The van der Waals surface area contributed by atoms with Gasteiger partial charge in [-0.15, -0.1) is 0 Å². The molecular formula is C21H17F2N5O. The van der Waals surface area contributed by atoms with Crippen LogP contribution in [0, 0.1) is 11.6 Å². The molecule has 0 aliphatic heterocycles. The van der Waals surface area contributed by atoms with Crippen LogP contribution < -0.4 is 0 Å². The first-order chi connectivity index (χ1) is 14.2. The van der Waals surface area contributed by atoms with Crippen LogP contribution in [0.25, 0.3) is 34.1 Å². The van der Waals surface area contributed by atoms with Crippen molar-refractivity contribution in [3.63, 3.8) is 0 Å². The standard InChI is InChI=1S/C21H17F2N5O/c22-14-5-6-18(23)16(11-14)20-26-21(29-27-20)17-12-25-28(15-3-1-2-4-15)19(17)13-7-9-24-10-8-13/h5-12,15H,1-4H2. The van der Waals surface area contributed by atoms with Crippen molar-refractivity contribution in [1.82, 2.24) is 24.9 Å². The van der Waals surface area contributed by atoms with Gasteiger partial charge in [0.1, 0.15) is 11.6 Å². The van der Waals surface area contributed by atoms with Crippen LogP contribution >= 0.6 is 0 Å². The molecule has 1 saturated carbocycles. The third kappa shape index (κ3) is 3.20. The Labute approximate surface area is 165 Å². The molecule has 5 rings (SSSR count). The summed E-state index contributed by atoms with van der Waals surface area (Å²) in [6.07, 6.45) is 9.57. The lowest BCUT2D eigenvalue weighted by molar-refractivity contribution is 0.431. The zero-order valence-corrected chi connectivity index (χ0v) is 15.4. The second-order valence-electron chi connectivity index (χ2n) is 7.07. The summed E-state index contributed by atoms with van der Waals surface area (Å²) in [6.45, 7) is 0. The van der Waals surface area contributed by atoms with Crippen LogP contribution in [0.15, 0.2) is 53.4 Å². The highest BCUT2D eigenvalue weighted by atomic mass is 19.1. The van der Waals surface area contributed by atoms with Crippen molar-refractivity contribution in [2.45, 2.75) is 31.7 Å². The molecule has 1 aliphatic rings. The van der Waals surface area contributed by atoms with Crippen molar-refractivity contribution in [3.05, 3.63) is 60.6 Å². The van der Waals surface area contributed by atoms with Crippen LogP contribution in [-0.4, -0.2) is 24.9 Å². The van der Waals surface area contributed by atoms with Crippen molar-refractivity contribution >= 4 is 0 Å². The SMILES string of the molecule is Fc1ccc(F)c(-c2noc(-c3cnn(C4CCCC4)c3-c3ccncc3)n2)c1. The van der Waals surface area contributed by atoms with Crippen LogP contribution in [0.3, 0.4) is 0 Å². The molecule has 0 atom stereocenters. The van der Waals surface area contributed by atoms with E-state index in [9.17, 15) is 8.78 Å². The molecule has 3 aromatic heterocycles. The van der Waals surface area contributed by atoms with Gasteiger partial charge in [-0.05, 0) is 43.2 Å². The van der Waals surface area contributed by atoms with Gasteiger partial charge in [0.25, 0.3) is 5.89 Å². The summed E-state index contributed by atoms with van der Waals surface area (Å²) in [7, 11) is 0. The lowest BCUT2D eigenvalue weighted by Gasteiger charge is -2.15. The predicted molar refractivity (Wildman–Crippen MR) is 102 cm³/mol. The highest BCUT2D eigenvalue weighted by Crippen LogP contribution is 2.38. The molecule has 146 valence electrons. The van der Waals surface area contributed by atoms with Crippen LogP contribution in [-0.2, 0) is 0 Å². The summed E-state index contributed by atoms with van der Waals surface area (Å²) in [5, 5.41) is 8.46. The monoisotopic (exact) mass is 393 g/mol. The van der Waals surface area contributed by atoms with Gasteiger partial charge in [0.05, 0.1) is 29.1 Å². The Morgan fingerprint density at radius 1 is 1.00 bits per heavy atom. The number of hydrogen-bond acceptors (Lipinski definition) is 5. The maximum absolute atomic E-state index is 14.1. The molecule has 0 saturated heterocycles. The van der Waals surface area contributed by atoms with Gasteiger partial charge in [-0.3, -0.25) is 9.67 Å². The van der Waals surface area contributed by atoms with Crippen LogP contribution in [0.2, 0.25) is 0 Å². The Hall–Kier alpha value is -3.42. The number of benzene rings is 1. The summed E-state index contributed by atoms with van der Waals surface area (Å²) >= 11 is 0. The van der Waals surface area contributed by atoms with Crippen LogP contribution in [0.4, 0.5) is 8.78 Å². The van der Waals surface area contributed by atoms with Gasteiger partial charge in [0, 0.05) is 18.0 Å². The Morgan fingerprint density at radius 3 is 2.59 bits per heavy atom. The topological polar surface area (TPSA) is 69.6 Å². The summed E-state index contributed by atoms with van der Waals surface area (Å²) in [5.74, 6) is -0.986. The van der Waals surface area contributed by atoms with E-state index in [-0.39, 0.29) is 17.3 Å². The van der Waals surface area contributed by atoms with E-state index in [1.165, 1.54) is 12.8 Å². The molecule has 0 amide bonds. The second kappa shape index (κ2) is 7.20. The third-order valence-corrected chi connectivity index (χ3v) is 5.25. The fraction of sp³-hybridized carbons (Fsp3) is 0.238. The molecule has 0 unspecified atom stereocenters. The average molecular weight is 393 g/mol. The molecule has 6 nitrogen and oxygen atoms in total. The molecule has 29 heavy (non-hydrogen) atoms. The lowest BCUT2D eigenvalue weighted by atomic mass is 10.1. The molecule has 0 bridgehead atoms. The maximum atomic E-state index is 14.1. The number of aromatic nitrogens is 5. The van der Waals surface area contributed by atoms with Crippen molar-refractivity contribution in [2.24, 2.45) is 0 Å². The minimum Gasteiger partial charge on any atom is -0.333 e. The van der Waals surface area contributed by atoms with Gasteiger partial charge in [0.15, 0.2) is 0 Å². The van der Waals surface area contributed by atoms with E-state index >= 15 is 0 Å². The Morgan fingerprint density at radius 2 is 1.79 bits per heavy atom. The highest BCUT2D eigenvalue weighted by molar-refractivity contribution is 5.77. The molecule has 1 aromatic carbocycles. The first-order valence-electron chi connectivity index (χ1n) is 9.48. The van der Waals surface area contributed by atoms with Gasteiger partial charge in [-0.2, -0.15) is 10.1 Å². The zero-order valence-electron chi connectivity index (χ0n) is 15.4. The molecule has 4 aromatic rings. The van der Waals surface area contributed by atoms with E-state index in [0.717, 1.165) is 42.3 Å². The predicted octanol–water partition coefficient (Wildman–Crippen LogP) is 5.06. The van der Waals surface area contributed by atoms with Crippen molar-refractivity contribution in [1.29, 1.82) is 0 Å². The first-order valence-corrected chi connectivity index (χ1v) is 9.48. The van der Waals surface area contributed by atoms with E-state index < -0.39 is 11.6 Å². The Bertz CT molecular complexity index is 1150. The molecule has 1 aliphatic carbocycles. The first kappa shape index (κ1) is 17.7. The minimum absolute atomic E-state index is 0.00806. The number of rotatable bonds is 4. The third-order valence-electron chi connectivity index (χ3n) is 5.25. The molecular weight excluding hydrogens is 376 g/mol. The summed E-state index contributed by atoms with van der Waals surface area (Å²) < 4.78 is 35.1. The van der Waals surface area contributed by atoms with E-state index in [0.29, 0.717) is 11.6 Å². The van der Waals surface area contributed by atoms with Crippen molar-refractivity contribution in [2.75, 3.05) is 0 Å². The van der Waals surface area contributed by atoms with Gasteiger partial charge in [-0.1, -0.05) is 18.0 Å². The van der Waals surface area contributed by atoms with E-state index in [2.05, 4.69) is 20.2 Å². The molecule has 0 spiro atoms. The quantitative estimate of drug-likeness (QED) is 0.485. The van der Waals surface area contributed by atoms with Crippen LogP contribution in [0.1, 0.15) is 31.7 Å². The summed E-state index contributed by atoms with van der Waals surface area (Å²) in [5.41, 5.74) is 2.39. The maximum Gasteiger partial charge on any atom is 0.262 e. The molecule has 0 radical (unpaired) electrons. The summed E-state index contributed by atoms with van der Waals surface area (Å²) in [4.78, 5) is 8.41. The number of hydrogen-bond donors (Lipinski definition) is 0. The van der Waals surface area contributed by atoms with Crippen LogP contribution in [0.5, 0.6) is 0 Å². The molecule has 8 heteroatoms. The van der Waals surface area contributed by atoms with Gasteiger partial charge in [-0.25, -0.2) is 8.78 Å². The van der Waals surface area contributed by atoms with Crippen molar-refractivity contribution in [3.8, 4) is 34.1 Å². The average Bonchev–Trinajstić information content (AvgIpc) is 3.50. The van der Waals surface area contributed by atoms with Gasteiger partial charge in [0.2, 0.25) is 5.82 Å². The smallest absolute Gasteiger partial charge is 0.262 e. The highest BCUT2D eigenvalue weighted by Gasteiger charge is 2.26. The Balaban J connectivity index is 1.62. The van der Waals surface area contributed by atoms with Gasteiger partial charge < -0.3 is 4.52 Å². The number of pyridine rings is 1. The minimum atomic E-state index is -0.616. The molecule has 1 fully saturated rings.